The van der Waals surface area contributed by atoms with Crippen LogP contribution in [-0.2, 0) is 16.1 Å². The standard InChI is InChI=1S/C23H24N4O2/c28-22(25-15-21-9-5-13-29-21)11-10-20-17-27(16-18-6-2-1-3-7-18)26-23(20)19-8-4-12-24-14-19/h1-4,6-8,10-12,14,17,21H,5,9,13,15-16H2,(H,25,28)/b11-10+. The summed E-state index contributed by atoms with van der Waals surface area (Å²) in [6, 6.07) is 14.0. The van der Waals surface area contributed by atoms with Gasteiger partial charge in [-0.25, -0.2) is 0 Å². The molecule has 2 aromatic heterocycles. The highest BCUT2D eigenvalue weighted by molar-refractivity contribution is 5.92. The van der Waals surface area contributed by atoms with Crippen molar-refractivity contribution in [3.63, 3.8) is 0 Å². The number of rotatable bonds is 7. The van der Waals surface area contributed by atoms with E-state index >= 15 is 0 Å². The largest absolute Gasteiger partial charge is 0.376 e. The molecule has 148 valence electrons. The molecule has 0 aliphatic carbocycles. The van der Waals surface area contributed by atoms with Gasteiger partial charge in [-0.15, -0.1) is 0 Å². The molecule has 0 spiro atoms. The van der Waals surface area contributed by atoms with Gasteiger partial charge in [-0.2, -0.15) is 5.10 Å². The van der Waals surface area contributed by atoms with Gasteiger partial charge in [0.2, 0.25) is 5.91 Å². The average molecular weight is 388 g/mol. The minimum absolute atomic E-state index is 0.131. The maximum atomic E-state index is 12.2. The molecule has 1 aromatic carbocycles. The van der Waals surface area contributed by atoms with E-state index in [4.69, 9.17) is 9.84 Å². The van der Waals surface area contributed by atoms with Crippen molar-refractivity contribution in [3.8, 4) is 11.3 Å². The van der Waals surface area contributed by atoms with Crippen LogP contribution in [-0.4, -0.2) is 39.9 Å². The fraction of sp³-hybridized carbons (Fsp3) is 0.261. The van der Waals surface area contributed by atoms with Crippen LogP contribution in [0.1, 0.15) is 24.0 Å². The van der Waals surface area contributed by atoms with Crippen molar-refractivity contribution in [1.82, 2.24) is 20.1 Å². The van der Waals surface area contributed by atoms with Crippen molar-refractivity contribution in [2.75, 3.05) is 13.2 Å². The van der Waals surface area contributed by atoms with Gasteiger partial charge < -0.3 is 10.1 Å². The number of hydrogen-bond acceptors (Lipinski definition) is 4. The maximum Gasteiger partial charge on any atom is 0.244 e. The topological polar surface area (TPSA) is 69.0 Å². The number of amides is 1. The van der Waals surface area contributed by atoms with Crippen LogP contribution >= 0.6 is 0 Å². The molecule has 1 aliphatic heterocycles. The van der Waals surface area contributed by atoms with Gasteiger partial charge in [0.05, 0.1) is 12.6 Å². The Morgan fingerprint density at radius 1 is 1.24 bits per heavy atom. The Bertz CT molecular complexity index is 961. The molecule has 1 N–H and O–H groups in total. The Balaban J connectivity index is 1.51. The van der Waals surface area contributed by atoms with E-state index in [2.05, 4.69) is 22.4 Å². The van der Waals surface area contributed by atoms with Gasteiger partial charge in [0.25, 0.3) is 0 Å². The third kappa shape index (κ3) is 5.18. The lowest BCUT2D eigenvalue weighted by Gasteiger charge is -2.08. The SMILES string of the molecule is O=C(/C=C/c1cn(Cc2ccccc2)nc1-c1cccnc1)NCC1CCCO1. The Morgan fingerprint density at radius 2 is 2.14 bits per heavy atom. The molecule has 29 heavy (non-hydrogen) atoms. The normalized spacial score (nSPS) is 16.3. The first-order valence-electron chi connectivity index (χ1n) is 9.87. The fourth-order valence-electron chi connectivity index (χ4n) is 3.38. The van der Waals surface area contributed by atoms with E-state index in [0.29, 0.717) is 13.1 Å². The van der Waals surface area contributed by atoms with Crippen LogP contribution in [0.3, 0.4) is 0 Å². The lowest BCUT2D eigenvalue weighted by Crippen LogP contribution is -2.30. The summed E-state index contributed by atoms with van der Waals surface area (Å²) >= 11 is 0. The number of nitrogens with zero attached hydrogens (tertiary/aromatic N) is 3. The number of aromatic nitrogens is 3. The highest BCUT2D eigenvalue weighted by Crippen LogP contribution is 2.23. The van der Waals surface area contributed by atoms with Crippen LogP contribution in [0, 0.1) is 0 Å². The first-order valence-corrected chi connectivity index (χ1v) is 9.87. The predicted octanol–water partition coefficient (Wildman–Crippen LogP) is 3.30. The third-order valence-corrected chi connectivity index (χ3v) is 4.85. The van der Waals surface area contributed by atoms with Crippen LogP contribution in [0.4, 0.5) is 0 Å². The minimum atomic E-state index is -0.131. The molecule has 4 rings (SSSR count). The van der Waals surface area contributed by atoms with Crippen molar-refractivity contribution in [3.05, 3.63) is 78.3 Å². The van der Waals surface area contributed by atoms with Crippen LogP contribution in [0.5, 0.6) is 0 Å². The van der Waals surface area contributed by atoms with Crippen LogP contribution in [0.15, 0.2) is 67.1 Å². The molecule has 1 amide bonds. The van der Waals surface area contributed by atoms with E-state index in [1.165, 1.54) is 0 Å². The fourth-order valence-corrected chi connectivity index (χ4v) is 3.38. The van der Waals surface area contributed by atoms with Crippen molar-refractivity contribution in [2.45, 2.75) is 25.5 Å². The van der Waals surface area contributed by atoms with Gasteiger partial charge in [0, 0.05) is 48.9 Å². The zero-order valence-corrected chi connectivity index (χ0v) is 16.2. The second kappa shape index (κ2) is 9.30. The Labute approximate surface area is 170 Å². The van der Waals surface area contributed by atoms with Gasteiger partial charge in [-0.1, -0.05) is 30.3 Å². The quantitative estimate of drug-likeness (QED) is 0.631. The Hall–Kier alpha value is -3.25. The van der Waals surface area contributed by atoms with Gasteiger partial charge in [-0.05, 0) is 36.6 Å². The molecule has 1 aliphatic rings. The molecule has 6 nitrogen and oxygen atoms in total. The molecule has 1 saturated heterocycles. The molecule has 1 unspecified atom stereocenters. The smallest absolute Gasteiger partial charge is 0.244 e. The number of benzene rings is 1. The van der Waals surface area contributed by atoms with Crippen LogP contribution < -0.4 is 5.32 Å². The lowest BCUT2D eigenvalue weighted by atomic mass is 10.1. The summed E-state index contributed by atoms with van der Waals surface area (Å²) in [5, 5.41) is 7.65. The molecular weight excluding hydrogens is 364 g/mol. The Morgan fingerprint density at radius 3 is 2.90 bits per heavy atom. The van der Waals surface area contributed by atoms with E-state index in [9.17, 15) is 4.79 Å². The summed E-state index contributed by atoms with van der Waals surface area (Å²) in [6.45, 7) is 1.99. The molecule has 1 fully saturated rings. The molecule has 1 atom stereocenters. The van der Waals surface area contributed by atoms with Crippen molar-refractivity contribution in [2.24, 2.45) is 0 Å². The average Bonchev–Trinajstić information content (AvgIpc) is 3.42. The lowest BCUT2D eigenvalue weighted by molar-refractivity contribution is -0.116. The second-order valence-corrected chi connectivity index (χ2v) is 7.07. The van der Waals surface area contributed by atoms with Gasteiger partial charge >= 0.3 is 0 Å². The predicted molar refractivity (Wildman–Crippen MR) is 112 cm³/mol. The number of carbonyl (C=O) groups is 1. The first-order chi connectivity index (χ1) is 14.3. The summed E-state index contributed by atoms with van der Waals surface area (Å²) in [7, 11) is 0. The summed E-state index contributed by atoms with van der Waals surface area (Å²) in [4.78, 5) is 16.4. The summed E-state index contributed by atoms with van der Waals surface area (Å²) in [6.07, 6.45) is 11.0. The second-order valence-electron chi connectivity index (χ2n) is 7.07. The highest BCUT2D eigenvalue weighted by Gasteiger charge is 2.15. The molecular formula is C23H24N4O2. The monoisotopic (exact) mass is 388 g/mol. The molecule has 3 aromatic rings. The van der Waals surface area contributed by atoms with Gasteiger partial charge in [0.15, 0.2) is 0 Å². The maximum absolute atomic E-state index is 12.2. The molecule has 0 saturated carbocycles. The zero-order chi connectivity index (χ0) is 19.9. The van der Waals surface area contributed by atoms with Crippen molar-refractivity contribution >= 4 is 12.0 Å². The van der Waals surface area contributed by atoms with Crippen molar-refractivity contribution in [1.29, 1.82) is 0 Å². The molecule has 3 heterocycles. The van der Waals surface area contributed by atoms with E-state index in [0.717, 1.165) is 41.8 Å². The summed E-state index contributed by atoms with van der Waals surface area (Å²) < 4.78 is 7.43. The van der Waals surface area contributed by atoms with E-state index < -0.39 is 0 Å². The summed E-state index contributed by atoms with van der Waals surface area (Å²) in [5.74, 6) is -0.131. The highest BCUT2D eigenvalue weighted by atomic mass is 16.5. The number of carbonyl (C=O) groups excluding carboxylic acids is 1. The minimum Gasteiger partial charge on any atom is -0.376 e. The van der Waals surface area contributed by atoms with Gasteiger partial charge in [-0.3, -0.25) is 14.5 Å². The van der Waals surface area contributed by atoms with E-state index in [1.807, 2.05) is 47.3 Å². The number of ether oxygens (including phenoxy) is 1. The number of pyridine rings is 1. The summed E-state index contributed by atoms with van der Waals surface area (Å²) in [5.41, 5.74) is 3.76. The van der Waals surface area contributed by atoms with Crippen LogP contribution in [0.2, 0.25) is 0 Å². The number of nitrogens with one attached hydrogen (secondary N) is 1. The molecule has 0 bridgehead atoms. The Kier molecular flexibility index (Phi) is 6.12. The number of hydrogen-bond donors (Lipinski definition) is 1. The van der Waals surface area contributed by atoms with Crippen molar-refractivity contribution < 1.29 is 9.53 Å². The molecule has 6 heteroatoms. The van der Waals surface area contributed by atoms with E-state index in [1.54, 1.807) is 18.5 Å². The third-order valence-electron chi connectivity index (χ3n) is 4.85. The zero-order valence-electron chi connectivity index (χ0n) is 16.2. The first kappa shape index (κ1) is 19.1. The molecule has 0 radical (unpaired) electrons. The van der Waals surface area contributed by atoms with Crippen LogP contribution in [0.25, 0.3) is 17.3 Å². The van der Waals surface area contributed by atoms with E-state index in [-0.39, 0.29) is 12.0 Å². The van der Waals surface area contributed by atoms with Gasteiger partial charge in [0.1, 0.15) is 5.69 Å².